The standard InChI is InChI=1S/C5H14N2O/c1-5(4-6)7-2-3-8/h5,7-8H,2-4,6H2,1H3/t5-/m1/s1. The van der Waals surface area contributed by atoms with Gasteiger partial charge in [0.1, 0.15) is 0 Å². The summed E-state index contributed by atoms with van der Waals surface area (Å²) in [5, 5.41) is 11.3. The minimum atomic E-state index is 0.185. The Bertz CT molecular complexity index is 49.7. The largest absolute Gasteiger partial charge is 0.395 e. The van der Waals surface area contributed by atoms with E-state index in [0.29, 0.717) is 19.1 Å². The van der Waals surface area contributed by atoms with Gasteiger partial charge in [-0.3, -0.25) is 0 Å². The minimum absolute atomic E-state index is 0.185. The van der Waals surface area contributed by atoms with E-state index < -0.39 is 0 Å². The number of nitrogens with one attached hydrogen (secondary N) is 1. The van der Waals surface area contributed by atoms with Gasteiger partial charge >= 0.3 is 0 Å². The van der Waals surface area contributed by atoms with E-state index in [0.717, 1.165) is 0 Å². The van der Waals surface area contributed by atoms with Gasteiger partial charge in [0.25, 0.3) is 0 Å². The van der Waals surface area contributed by atoms with E-state index in [4.69, 9.17) is 10.8 Å². The Labute approximate surface area is 49.9 Å². The quantitative estimate of drug-likeness (QED) is 0.440. The zero-order chi connectivity index (χ0) is 6.41. The molecular weight excluding hydrogens is 104 g/mol. The maximum Gasteiger partial charge on any atom is 0.0556 e. The molecule has 0 rings (SSSR count). The van der Waals surface area contributed by atoms with E-state index in [1.54, 1.807) is 0 Å². The molecule has 0 aliphatic heterocycles. The molecule has 0 aliphatic rings. The Hall–Kier alpha value is -0.120. The fraction of sp³-hybridized carbons (Fsp3) is 1.00. The monoisotopic (exact) mass is 118 g/mol. The molecule has 0 amide bonds. The third-order valence-electron chi connectivity index (χ3n) is 0.958. The second-order valence-electron chi connectivity index (χ2n) is 1.81. The molecule has 0 fully saturated rings. The van der Waals surface area contributed by atoms with Crippen LogP contribution in [0.1, 0.15) is 6.92 Å². The molecular formula is C5H14N2O. The summed E-state index contributed by atoms with van der Waals surface area (Å²) in [6.45, 7) is 3.43. The van der Waals surface area contributed by atoms with Gasteiger partial charge in [-0.1, -0.05) is 0 Å². The first-order valence-electron chi connectivity index (χ1n) is 2.85. The van der Waals surface area contributed by atoms with Gasteiger partial charge in [0, 0.05) is 19.1 Å². The molecule has 3 heteroatoms. The molecule has 0 radical (unpaired) electrons. The van der Waals surface area contributed by atoms with Crippen molar-refractivity contribution in [2.24, 2.45) is 5.73 Å². The first kappa shape index (κ1) is 7.88. The molecule has 0 aromatic carbocycles. The Morgan fingerprint density at radius 1 is 1.75 bits per heavy atom. The van der Waals surface area contributed by atoms with E-state index in [9.17, 15) is 0 Å². The predicted molar refractivity (Wildman–Crippen MR) is 33.6 cm³/mol. The predicted octanol–water partition coefficient (Wildman–Crippen LogP) is -1.08. The van der Waals surface area contributed by atoms with Gasteiger partial charge < -0.3 is 16.2 Å². The smallest absolute Gasteiger partial charge is 0.0556 e. The fourth-order valence-electron chi connectivity index (χ4n) is 0.394. The zero-order valence-electron chi connectivity index (χ0n) is 5.22. The number of nitrogens with two attached hydrogens (primary N) is 1. The van der Waals surface area contributed by atoms with E-state index in [1.807, 2.05) is 6.92 Å². The number of aliphatic hydroxyl groups excluding tert-OH is 1. The van der Waals surface area contributed by atoms with Gasteiger partial charge in [0.05, 0.1) is 6.61 Å². The third kappa shape index (κ3) is 4.05. The van der Waals surface area contributed by atoms with Crippen LogP contribution in [0.5, 0.6) is 0 Å². The van der Waals surface area contributed by atoms with Crippen LogP contribution in [0.4, 0.5) is 0 Å². The molecule has 0 saturated heterocycles. The van der Waals surface area contributed by atoms with E-state index in [2.05, 4.69) is 5.32 Å². The highest BCUT2D eigenvalue weighted by atomic mass is 16.3. The van der Waals surface area contributed by atoms with Gasteiger partial charge in [0.15, 0.2) is 0 Å². The SMILES string of the molecule is C[C@H](CN)NCCO. The van der Waals surface area contributed by atoms with Crippen LogP contribution in [0.25, 0.3) is 0 Å². The highest BCUT2D eigenvalue weighted by Crippen LogP contribution is 1.71. The maximum atomic E-state index is 8.31. The van der Waals surface area contributed by atoms with Crippen LogP contribution in [0, 0.1) is 0 Å². The second kappa shape index (κ2) is 5.03. The normalized spacial score (nSPS) is 13.9. The summed E-state index contributed by atoms with van der Waals surface area (Å²) in [5.41, 5.74) is 5.27. The molecule has 0 bridgehead atoms. The number of hydrogen-bond acceptors (Lipinski definition) is 3. The number of aliphatic hydroxyl groups is 1. The summed E-state index contributed by atoms with van der Waals surface area (Å²) < 4.78 is 0. The minimum Gasteiger partial charge on any atom is -0.395 e. The zero-order valence-corrected chi connectivity index (χ0v) is 5.22. The molecule has 0 unspecified atom stereocenters. The first-order valence-corrected chi connectivity index (χ1v) is 2.85. The van der Waals surface area contributed by atoms with E-state index in [-0.39, 0.29) is 6.61 Å². The second-order valence-corrected chi connectivity index (χ2v) is 1.81. The molecule has 50 valence electrons. The fourth-order valence-corrected chi connectivity index (χ4v) is 0.394. The first-order chi connectivity index (χ1) is 3.81. The molecule has 1 atom stereocenters. The molecule has 0 spiro atoms. The van der Waals surface area contributed by atoms with Gasteiger partial charge in [-0.2, -0.15) is 0 Å². The lowest BCUT2D eigenvalue weighted by Crippen LogP contribution is -2.34. The van der Waals surface area contributed by atoms with Crippen LogP contribution < -0.4 is 11.1 Å². The summed E-state index contributed by atoms with van der Waals surface area (Å²) in [7, 11) is 0. The van der Waals surface area contributed by atoms with Crippen LogP contribution in [-0.2, 0) is 0 Å². The Kier molecular flexibility index (Phi) is 4.95. The lowest BCUT2D eigenvalue weighted by Gasteiger charge is -2.07. The van der Waals surface area contributed by atoms with Crippen molar-refractivity contribution in [3.8, 4) is 0 Å². The number of hydrogen-bond donors (Lipinski definition) is 3. The van der Waals surface area contributed by atoms with Crippen LogP contribution >= 0.6 is 0 Å². The maximum absolute atomic E-state index is 8.31. The van der Waals surface area contributed by atoms with Gasteiger partial charge in [-0.15, -0.1) is 0 Å². The van der Waals surface area contributed by atoms with Crippen molar-refractivity contribution in [1.82, 2.24) is 5.32 Å². The van der Waals surface area contributed by atoms with E-state index >= 15 is 0 Å². The Balaban J connectivity index is 2.86. The lowest BCUT2D eigenvalue weighted by atomic mass is 10.3. The summed E-state index contributed by atoms with van der Waals surface area (Å²) in [6, 6.07) is 0.321. The van der Waals surface area contributed by atoms with Crippen molar-refractivity contribution >= 4 is 0 Å². The molecule has 0 aromatic heterocycles. The lowest BCUT2D eigenvalue weighted by molar-refractivity contribution is 0.286. The van der Waals surface area contributed by atoms with Crippen molar-refractivity contribution in [2.45, 2.75) is 13.0 Å². The van der Waals surface area contributed by atoms with Gasteiger partial charge in [-0.25, -0.2) is 0 Å². The van der Waals surface area contributed by atoms with Crippen molar-refractivity contribution in [2.75, 3.05) is 19.7 Å². The summed E-state index contributed by atoms with van der Waals surface area (Å²) in [6.07, 6.45) is 0. The highest BCUT2D eigenvalue weighted by molar-refractivity contribution is 4.58. The average molecular weight is 118 g/mol. The van der Waals surface area contributed by atoms with Crippen molar-refractivity contribution in [1.29, 1.82) is 0 Å². The molecule has 0 saturated carbocycles. The molecule has 8 heavy (non-hydrogen) atoms. The summed E-state index contributed by atoms with van der Waals surface area (Å²) in [5.74, 6) is 0. The molecule has 4 N–H and O–H groups in total. The highest BCUT2D eigenvalue weighted by Gasteiger charge is 1.92. The van der Waals surface area contributed by atoms with Crippen LogP contribution in [0.15, 0.2) is 0 Å². The number of rotatable bonds is 4. The average Bonchev–Trinajstić information content (AvgIpc) is 1.83. The van der Waals surface area contributed by atoms with Crippen LogP contribution in [0.3, 0.4) is 0 Å². The van der Waals surface area contributed by atoms with E-state index in [1.165, 1.54) is 0 Å². The molecule has 0 heterocycles. The third-order valence-corrected chi connectivity index (χ3v) is 0.958. The topological polar surface area (TPSA) is 58.3 Å². The molecule has 0 aliphatic carbocycles. The molecule has 3 nitrogen and oxygen atoms in total. The Morgan fingerprint density at radius 2 is 2.38 bits per heavy atom. The van der Waals surface area contributed by atoms with Crippen LogP contribution in [-0.4, -0.2) is 30.8 Å². The van der Waals surface area contributed by atoms with Gasteiger partial charge in [-0.05, 0) is 6.92 Å². The van der Waals surface area contributed by atoms with Crippen molar-refractivity contribution < 1.29 is 5.11 Å². The van der Waals surface area contributed by atoms with Gasteiger partial charge in [0.2, 0.25) is 0 Å². The van der Waals surface area contributed by atoms with Crippen LogP contribution in [0.2, 0.25) is 0 Å². The Morgan fingerprint density at radius 3 is 2.75 bits per heavy atom. The molecule has 0 aromatic rings. The summed E-state index contributed by atoms with van der Waals surface area (Å²) in [4.78, 5) is 0. The summed E-state index contributed by atoms with van der Waals surface area (Å²) >= 11 is 0. The van der Waals surface area contributed by atoms with Crippen molar-refractivity contribution in [3.05, 3.63) is 0 Å². The van der Waals surface area contributed by atoms with Crippen molar-refractivity contribution in [3.63, 3.8) is 0 Å².